The van der Waals surface area contributed by atoms with Gasteiger partial charge in [0.2, 0.25) is 15.9 Å². The van der Waals surface area contributed by atoms with Gasteiger partial charge in [-0.2, -0.15) is 4.31 Å². The van der Waals surface area contributed by atoms with Gasteiger partial charge in [-0.1, -0.05) is 29.8 Å². The molecule has 1 amide bonds. The van der Waals surface area contributed by atoms with E-state index in [2.05, 4.69) is 5.32 Å². The van der Waals surface area contributed by atoms with Crippen molar-refractivity contribution in [2.24, 2.45) is 0 Å². The Hall–Kier alpha value is -2.45. The first-order chi connectivity index (χ1) is 12.3. The van der Waals surface area contributed by atoms with Crippen molar-refractivity contribution in [1.82, 2.24) is 9.62 Å². The van der Waals surface area contributed by atoms with Crippen molar-refractivity contribution in [3.8, 4) is 5.75 Å². The Balaban J connectivity index is 1.81. The number of benzene rings is 2. The lowest BCUT2D eigenvalue weighted by atomic mass is 10.2. The van der Waals surface area contributed by atoms with Gasteiger partial charge in [0.15, 0.2) is 11.6 Å². The van der Waals surface area contributed by atoms with E-state index in [1.165, 1.54) is 31.3 Å². The summed E-state index contributed by atoms with van der Waals surface area (Å²) in [6.45, 7) is 1.74. The number of likely N-dealkylation sites (N-methyl/N-ethyl adjacent to an activating group) is 1. The van der Waals surface area contributed by atoms with Crippen LogP contribution in [0.25, 0.3) is 0 Å². The fourth-order valence-corrected chi connectivity index (χ4v) is 3.27. The standard InChI is InChI=1S/C18H21FN2O4S/c1-14-7-9-15(10-8-14)26(23,24)21(2)13-18(22)20-11-12-25-17-6-4-3-5-16(17)19/h3-10H,11-13H2,1-2H3,(H,20,22). The number of rotatable bonds is 8. The van der Waals surface area contributed by atoms with Gasteiger partial charge in [0, 0.05) is 7.05 Å². The molecule has 0 heterocycles. The first-order valence-corrected chi connectivity index (χ1v) is 9.42. The van der Waals surface area contributed by atoms with Crippen LogP contribution in [0.15, 0.2) is 53.4 Å². The molecule has 0 aliphatic heterocycles. The van der Waals surface area contributed by atoms with Crippen molar-refractivity contribution in [2.75, 3.05) is 26.7 Å². The van der Waals surface area contributed by atoms with Crippen LogP contribution in [0, 0.1) is 12.7 Å². The number of halogens is 1. The van der Waals surface area contributed by atoms with Gasteiger partial charge >= 0.3 is 0 Å². The number of hydrogen-bond acceptors (Lipinski definition) is 4. The maximum absolute atomic E-state index is 13.4. The smallest absolute Gasteiger partial charge is 0.243 e. The zero-order valence-electron chi connectivity index (χ0n) is 14.6. The normalized spacial score (nSPS) is 11.4. The molecule has 2 aromatic carbocycles. The molecule has 0 spiro atoms. The van der Waals surface area contributed by atoms with E-state index in [1.54, 1.807) is 24.3 Å². The predicted molar refractivity (Wildman–Crippen MR) is 95.9 cm³/mol. The van der Waals surface area contributed by atoms with Crippen LogP contribution in [0.2, 0.25) is 0 Å². The SMILES string of the molecule is Cc1ccc(S(=O)(=O)N(C)CC(=O)NCCOc2ccccc2F)cc1. The minimum Gasteiger partial charge on any atom is -0.489 e. The average molecular weight is 380 g/mol. The fraction of sp³-hybridized carbons (Fsp3) is 0.278. The molecule has 2 rings (SSSR count). The number of aryl methyl sites for hydroxylation is 1. The number of ether oxygens (including phenoxy) is 1. The number of carbonyl (C=O) groups is 1. The van der Waals surface area contributed by atoms with E-state index >= 15 is 0 Å². The Labute approximate surface area is 152 Å². The molecule has 0 radical (unpaired) electrons. The summed E-state index contributed by atoms with van der Waals surface area (Å²) >= 11 is 0. The molecule has 2 aromatic rings. The number of nitrogens with zero attached hydrogens (tertiary/aromatic N) is 1. The second-order valence-corrected chi connectivity index (χ2v) is 7.75. The molecule has 0 aliphatic carbocycles. The van der Waals surface area contributed by atoms with Crippen molar-refractivity contribution in [1.29, 1.82) is 0 Å². The number of nitrogens with one attached hydrogen (secondary N) is 1. The summed E-state index contributed by atoms with van der Waals surface area (Å²) in [5, 5.41) is 2.54. The van der Waals surface area contributed by atoms with E-state index in [1.807, 2.05) is 6.92 Å². The Morgan fingerprint density at radius 3 is 2.46 bits per heavy atom. The highest BCUT2D eigenvalue weighted by atomic mass is 32.2. The van der Waals surface area contributed by atoms with E-state index in [0.717, 1.165) is 9.87 Å². The van der Waals surface area contributed by atoms with Crippen LogP contribution in [0.3, 0.4) is 0 Å². The number of hydrogen-bond donors (Lipinski definition) is 1. The van der Waals surface area contributed by atoms with Crippen LogP contribution < -0.4 is 10.1 Å². The third-order valence-electron chi connectivity index (χ3n) is 3.61. The lowest BCUT2D eigenvalue weighted by Crippen LogP contribution is -2.39. The van der Waals surface area contributed by atoms with E-state index in [0.29, 0.717) is 0 Å². The minimum atomic E-state index is -3.74. The lowest BCUT2D eigenvalue weighted by Gasteiger charge is -2.17. The van der Waals surface area contributed by atoms with Gasteiger partial charge in [-0.25, -0.2) is 12.8 Å². The lowest BCUT2D eigenvalue weighted by molar-refractivity contribution is -0.121. The quantitative estimate of drug-likeness (QED) is 0.711. The third-order valence-corrected chi connectivity index (χ3v) is 5.43. The molecule has 6 nitrogen and oxygen atoms in total. The van der Waals surface area contributed by atoms with Crippen LogP contribution in [-0.4, -0.2) is 45.4 Å². The molecule has 0 unspecified atom stereocenters. The topological polar surface area (TPSA) is 75.7 Å². The molecule has 0 aliphatic rings. The summed E-state index contributed by atoms with van der Waals surface area (Å²) in [5.41, 5.74) is 0.944. The van der Waals surface area contributed by atoms with Gasteiger partial charge in [0.25, 0.3) is 0 Å². The Bertz CT molecular complexity index is 854. The third kappa shape index (κ3) is 5.27. The van der Waals surface area contributed by atoms with E-state index in [9.17, 15) is 17.6 Å². The summed E-state index contributed by atoms with van der Waals surface area (Å²) < 4.78 is 44.4. The van der Waals surface area contributed by atoms with Crippen LogP contribution in [0.5, 0.6) is 5.75 Å². The Morgan fingerprint density at radius 1 is 1.15 bits per heavy atom. The van der Waals surface area contributed by atoms with Crippen molar-refractivity contribution >= 4 is 15.9 Å². The van der Waals surface area contributed by atoms with Gasteiger partial charge in [-0.15, -0.1) is 0 Å². The number of para-hydroxylation sites is 1. The highest BCUT2D eigenvalue weighted by Gasteiger charge is 2.22. The van der Waals surface area contributed by atoms with E-state index < -0.39 is 21.7 Å². The molecule has 140 valence electrons. The summed E-state index contributed by atoms with van der Waals surface area (Å²) in [5.74, 6) is -0.858. The zero-order valence-corrected chi connectivity index (χ0v) is 15.4. The van der Waals surface area contributed by atoms with Gasteiger partial charge in [-0.05, 0) is 31.2 Å². The van der Waals surface area contributed by atoms with Crippen molar-refractivity contribution in [3.63, 3.8) is 0 Å². The summed E-state index contributed by atoms with van der Waals surface area (Å²) in [6, 6.07) is 12.3. The summed E-state index contributed by atoms with van der Waals surface area (Å²) in [7, 11) is -2.40. The van der Waals surface area contributed by atoms with Gasteiger partial charge in [0.1, 0.15) is 6.61 Å². The average Bonchev–Trinajstić information content (AvgIpc) is 2.60. The summed E-state index contributed by atoms with van der Waals surface area (Å²) in [4.78, 5) is 12.0. The van der Waals surface area contributed by atoms with Crippen molar-refractivity contribution < 1.29 is 22.3 Å². The van der Waals surface area contributed by atoms with Crippen LogP contribution in [0.4, 0.5) is 4.39 Å². The van der Waals surface area contributed by atoms with E-state index in [4.69, 9.17) is 4.74 Å². The van der Waals surface area contributed by atoms with Crippen LogP contribution >= 0.6 is 0 Å². The summed E-state index contributed by atoms with van der Waals surface area (Å²) in [6.07, 6.45) is 0. The molecule has 0 saturated heterocycles. The van der Waals surface area contributed by atoms with E-state index in [-0.39, 0.29) is 30.3 Å². The second kappa shape index (κ2) is 8.77. The molecule has 0 fully saturated rings. The molecule has 0 bridgehead atoms. The minimum absolute atomic E-state index is 0.0705. The fourth-order valence-electron chi connectivity index (χ4n) is 2.15. The van der Waals surface area contributed by atoms with Gasteiger partial charge < -0.3 is 10.1 Å². The highest BCUT2D eigenvalue weighted by Crippen LogP contribution is 2.15. The second-order valence-electron chi connectivity index (χ2n) is 5.70. The zero-order chi connectivity index (χ0) is 19.2. The maximum Gasteiger partial charge on any atom is 0.243 e. The first kappa shape index (κ1) is 19.9. The monoisotopic (exact) mass is 380 g/mol. The van der Waals surface area contributed by atoms with Crippen molar-refractivity contribution in [2.45, 2.75) is 11.8 Å². The predicted octanol–water partition coefficient (Wildman–Crippen LogP) is 1.95. The highest BCUT2D eigenvalue weighted by molar-refractivity contribution is 7.89. The van der Waals surface area contributed by atoms with Crippen LogP contribution in [-0.2, 0) is 14.8 Å². The Kier molecular flexibility index (Phi) is 6.70. The molecule has 26 heavy (non-hydrogen) atoms. The van der Waals surface area contributed by atoms with Crippen molar-refractivity contribution in [3.05, 3.63) is 59.9 Å². The molecule has 1 N–H and O–H groups in total. The molecule has 0 saturated carbocycles. The molecule has 8 heteroatoms. The number of amides is 1. The van der Waals surface area contributed by atoms with Gasteiger partial charge in [-0.3, -0.25) is 4.79 Å². The maximum atomic E-state index is 13.4. The molecular weight excluding hydrogens is 359 g/mol. The van der Waals surface area contributed by atoms with Crippen LogP contribution in [0.1, 0.15) is 5.56 Å². The number of sulfonamides is 1. The molecule has 0 atom stereocenters. The molecule has 0 aromatic heterocycles. The number of carbonyl (C=O) groups excluding carboxylic acids is 1. The van der Waals surface area contributed by atoms with Gasteiger partial charge in [0.05, 0.1) is 18.0 Å². The molecular formula is C18H21FN2O4S. The largest absolute Gasteiger partial charge is 0.489 e. The first-order valence-electron chi connectivity index (χ1n) is 7.98. The Morgan fingerprint density at radius 2 is 1.81 bits per heavy atom.